The number of nitrogens with zero attached hydrogens (tertiary/aromatic N) is 4. The lowest BCUT2D eigenvalue weighted by Crippen LogP contribution is -2.48. The number of anilines is 1. The molecule has 2 amide bonds. The predicted molar refractivity (Wildman–Crippen MR) is 206 cm³/mol. The molecule has 2 aliphatic heterocycles. The molecule has 0 spiro atoms. The summed E-state index contributed by atoms with van der Waals surface area (Å²) < 4.78 is 21.0. The van der Waals surface area contributed by atoms with Crippen LogP contribution in [0.25, 0.3) is 6.08 Å². The average molecular weight is 733 g/mol. The number of piperazine rings is 1. The highest BCUT2D eigenvalue weighted by Gasteiger charge is 2.28. The quantitative estimate of drug-likeness (QED) is 0.163. The van der Waals surface area contributed by atoms with Crippen molar-refractivity contribution in [2.45, 2.75) is 71.1 Å². The van der Waals surface area contributed by atoms with Crippen LogP contribution in [0, 0.1) is 23.6 Å². The molecule has 0 aromatic heterocycles. The molecule has 11 heteroatoms. The van der Waals surface area contributed by atoms with Crippen LogP contribution in [0.1, 0.15) is 68.8 Å². The molecule has 2 fully saturated rings. The van der Waals surface area contributed by atoms with Crippen LogP contribution in [0.15, 0.2) is 66.3 Å². The molecular formula is C42H57FN4O6. The van der Waals surface area contributed by atoms with Gasteiger partial charge in [0.1, 0.15) is 24.5 Å². The van der Waals surface area contributed by atoms with E-state index in [0.717, 1.165) is 43.5 Å². The number of aliphatic hydroxyl groups excluding tert-OH is 1. The Hall–Kier alpha value is -4.35. The first-order valence-electron chi connectivity index (χ1n) is 18.9. The van der Waals surface area contributed by atoms with E-state index < -0.39 is 24.2 Å². The SMILES string of the molecule is C/C(=C\c1cc(F)cc(N(C)C2CCN(C(=O)c3ccccc3)CC2)c1)[C@@H](C=O)[C@@H](C)/C=C/[C@H](OC(=O)N1CCN(C)CC1)[C@@H](C)CC[C@@H](O)CC=O. The Bertz CT molecular complexity index is 1570. The van der Waals surface area contributed by atoms with Gasteiger partial charge in [0.2, 0.25) is 0 Å². The number of halogens is 1. The van der Waals surface area contributed by atoms with Gasteiger partial charge in [-0.3, -0.25) is 4.79 Å². The van der Waals surface area contributed by atoms with E-state index in [1.165, 1.54) is 12.1 Å². The summed E-state index contributed by atoms with van der Waals surface area (Å²) in [5.41, 5.74) is 2.81. The highest BCUT2D eigenvalue weighted by Crippen LogP contribution is 2.29. The lowest BCUT2D eigenvalue weighted by molar-refractivity contribution is -0.111. The molecular weight excluding hydrogens is 675 g/mol. The fourth-order valence-electron chi connectivity index (χ4n) is 7.10. The molecule has 4 rings (SSSR count). The van der Waals surface area contributed by atoms with Gasteiger partial charge in [0.05, 0.1) is 6.10 Å². The molecule has 2 heterocycles. The molecule has 2 aromatic carbocycles. The number of allylic oxidation sites excluding steroid dienone is 2. The van der Waals surface area contributed by atoms with Gasteiger partial charge < -0.3 is 39.0 Å². The minimum atomic E-state index is -0.758. The topological polar surface area (TPSA) is 111 Å². The maximum atomic E-state index is 15.0. The Kier molecular flexibility index (Phi) is 15.8. The standard InChI is InChI=1S/C42H57FN4O6/c1-30(12-14-40(31(2)11-13-38(50)17-24-48)53-42(52)47-22-20-44(4)21-23-47)39(29-49)32(3)25-33-26-35(43)28-37(27-33)45(5)36-15-18-46(19-16-36)41(51)34-9-7-6-8-10-34/h6-10,12,14,24-31,36,38-40,50H,11,13,15-23H2,1-5H3/b14-12+,32-25+/t30-,31-,38+,39-,40-/m0/s1. The van der Waals surface area contributed by atoms with Crippen molar-refractivity contribution >= 4 is 36.3 Å². The number of carbonyl (C=O) groups excluding carboxylic acids is 4. The molecule has 2 aromatic rings. The maximum absolute atomic E-state index is 15.0. The number of ether oxygens (including phenoxy) is 1. The van der Waals surface area contributed by atoms with E-state index in [1.54, 1.807) is 4.90 Å². The summed E-state index contributed by atoms with van der Waals surface area (Å²) in [6, 6.07) is 14.3. The third-order valence-electron chi connectivity index (χ3n) is 10.8. The van der Waals surface area contributed by atoms with Crippen molar-refractivity contribution in [3.63, 3.8) is 0 Å². The number of amides is 2. The maximum Gasteiger partial charge on any atom is 0.410 e. The van der Waals surface area contributed by atoms with Crippen molar-refractivity contribution in [1.29, 1.82) is 0 Å². The number of likely N-dealkylation sites (tertiary alicyclic amines) is 1. The van der Waals surface area contributed by atoms with Crippen LogP contribution in [0.5, 0.6) is 0 Å². The summed E-state index contributed by atoms with van der Waals surface area (Å²) in [7, 11) is 3.96. The number of aliphatic hydroxyl groups is 1. The molecule has 0 unspecified atom stereocenters. The normalized spacial score (nSPS) is 19.0. The Balaban J connectivity index is 1.43. The Morgan fingerprint density at radius 1 is 0.962 bits per heavy atom. The van der Waals surface area contributed by atoms with Crippen molar-refractivity contribution in [3.8, 4) is 0 Å². The summed E-state index contributed by atoms with van der Waals surface area (Å²) in [5.74, 6) is -1.28. The summed E-state index contributed by atoms with van der Waals surface area (Å²) in [6.07, 6.45) is 7.88. The lowest BCUT2D eigenvalue weighted by Gasteiger charge is -2.38. The summed E-state index contributed by atoms with van der Waals surface area (Å²) >= 11 is 0. The molecule has 0 radical (unpaired) electrons. The van der Waals surface area contributed by atoms with Crippen LogP contribution in [-0.4, -0.2) is 116 Å². The average Bonchev–Trinajstić information content (AvgIpc) is 3.15. The number of rotatable bonds is 16. The third-order valence-corrected chi connectivity index (χ3v) is 10.8. The molecule has 288 valence electrons. The van der Waals surface area contributed by atoms with Gasteiger partial charge in [-0.2, -0.15) is 0 Å². The van der Waals surface area contributed by atoms with E-state index in [2.05, 4.69) is 9.80 Å². The first kappa shape index (κ1) is 41.4. The van der Waals surface area contributed by atoms with Gasteiger partial charge in [-0.05, 0) is 93.5 Å². The smallest absolute Gasteiger partial charge is 0.410 e. The van der Waals surface area contributed by atoms with Gasteiger partial charge in [0.25, 0.3) is 5.91 Å². The minimum Gasteiger partial charge on any atom is -0.442 e. The fourth-order valence-corrected chi connectivity index (χ4v) is 7.10. The molecule has 2 saturated heterocycles. The highest BCUT2D eigenvalue weighted by molar-refractivity contribution is 5.94. The predicted octanol–water partition coefficient (Wildman–Crippen LogP) is 6.10. The van der Waals surface area contributed by atoms with Crippen LogP contribution in [0.2, 0.25) is 0 Å². The second-order valence-corrected chi connectivity index (χ2v) is 14.8. The number of piperidine rings is 1. The first-order chi connectivity index (χ1) is 25.4. The largest absolute Gasteiger partial charge is 0.442 e. The third kappa shape index (κ3) is 12.1. The van der Waals surface area contributed by atoms with Gasteiger partial charge in [-0.1, -0.05) is 49.8 Å². The van der Waals surface area contributed by atoms with Crippen molar-refractivity contribution < 1.29 is 33.4 Å². The molecule has 0 saturated carbocycles. The summed E-state index contributed by atoms with van der Waals surface area (Å²) in [4.78, 5) is 57.2. The number of likely N-dealkylation sites (N-methyl/N-ethyl adjacent to an activating group) is 1. The molecule has 10 nitrogen and oxygen atoms in total. The van der Waals surface area contributed by atoms with E-state index in [-0.39, 0.29) is 36.0 Å². The van der Waals surface area contributed by atoms with E-state index in [1.807, 2.05) is 94.4 Å². The zero-order chi connectivity index (χ0) is 38.5. The Labute approximate surface area is 314 Å². The number of hydrogen-bond acceptors (Lipinski definition) is 8. The summed E-state index contributed by atoms with van der Waals surface area (Å²) in [6.45, 7) is 9.61. The van der Waals surface area contributed by atoms with Crippen LogP contribution >= 0.6 is 0 Å². The van der Waals surface area contributed by atoms with Crippen molar-refractivity contribution in [1.82, 2.24) is 14.7 Å². The van der Waals surface area contributed by atoms with E-state index in [9.17, 15) is 24.3 Å². The van der Waals surface area contributed by atoms with Crippen molar-refractivity contribution in [2.24, 2.45) is 17.8 Å². The molecule has 1 N–H and O–H groups in total. The van der Waals surface area contributed by atoms with Crippen LogP contribution in [-0.2, 0) is 14.3 Å². The second kappa shape index (κ2) is 20.2. The number of carbonyl (C=O) groups is 4. The second-order valence-electron chi connectivity index (χ2n) is 14.8. The molecule has 0 bridgehead atoms. The van der Waals surface area contributed by atoms with Crippen LogP contribution in [0.3, 0.4) is 0 Å². The number of hydrogen-bond donors (Lipinski definition) is 1. The highest BCUT2D eigenvalue weighted by atomic mass is 19.1. The van der Waals surface area contributed by atoms with Crippen LogP contribution in [0.4, 0.5) is 14.9 Å². The van der Waals surface area contributed by atoms with E-state index in [0.29, 0.717) is 56.4 Å². The summed E-state index contributed by atoms with van der Waals surface area (Å²) in [5, 5.41) is 10.1. The molecule has 0 aliphatic carbocycles. The molecule has 5 atom stereocenters. The monoisotopic (exact) mass is 732 g/mol. The lowest BCUT2D eigenvalue weighted by atomic mass is 9.86. The zero-order valence-electron chi connectivity index (χ0n) is 31.9. The van der Waals surface area contributed by atoms with E-state index >= 15 is 4.39 Å². The van der Waals surface area contributed by atoms with Crippen molar-refractivity contribution in [2.75, 3.05) is 58.3 Å². The van der Waals surface area contributed by atoms with Gasteiger partial charge >= 0.3 is 6.09 Å². The molecule has 53 heavy (non-hydrogen) atoms. The van der Waals surface area contributed by atoms with Gasteiger partial charge in [0.15, 0.2) is 0 Å². The number of aldehydes is 2. The minimum absolute atomic E-state index is 0.0248. The fraction of sp³-hybridized carbons (Fsp3) is 0.524. The Morgan fingerprint density at radius 2 is 1.64 bits per heavy atom. The van der Waals surface area contributed by atoms with Gasteiger partial charge in [-0.25, -0.2) is 9.18 Å². The van der Waals surface area contributed by atoms with Crippen molar-refractivity contribution in [3.05, 3.63) is 83.2 Å². The van der Waals surface area contributed by atoms with E-state index in [4.69, 9.17) is 4.74 Å². The molecule has 2 aliphatic rings. The van der Waals surface area contributed by atoms with Gasteiger partial charge in [0, 0.05) is 75.9 Å². The first-order valence-corrected chi connectivity index (χ1v) is 18.9. The zero-order valence-corrected chi connectivity index (χ0v) is 31.9. The van der Waals surface area contributed by atoms with Gasteiger partial charge in [-0.15, -0.1) is 0 Å². The number of benzene rings is 2. The Morgan fingerprint density at radius 3 is 2.28 bits per heavy atom. The van der Waals surface area contributed by atoms with Crippen LogP contribution < -0.4 is 4.90 Å².